The molecule has 2 nitrogen and oxygen atoms in total. The molecule has 0 fully saturated rings. The molecule has 78 valence electrons. The summed E-state index contributed by atoms with van der Waals surface area (Å²) in [7, 11) is 0. The Kier molecular flexibility index (Phi) is 10.4. The third-order valence-electron chi connectivity index (χ3n) is 1.72. The largest absolute Gasteiger partial charge is 0.300 e. The Morgan fingerprint density at radius 2 is 1.85 bits per heavy atom. The summed E-state index contributed by atoms with van der Waals surface area (Å²) in [5.41, 5.74) is 0. The summed E-state index contributed by atoms with van der Waals surface area (Å²) in [5.74, 6) is 1.41. The van der Waals surface area contributed by atoms with Crippen LogP contribution in [-0.4, -0.2) is 24.2 Å². The predicted molar refractivity (Wildman–Crippen MR) is 63.1 cm³/mol. The van der Waals surface area contributed by atoms with Gasteiger partial charge in [-0.2, -0.15) is 11.8 Å². The molecular formula is C9H19NOS2. The van der Waals surface area contributed by atoms with Gasteiger partial charge in [0.2, 0.25) is 5.91 Å². The molecule has 0 aliphatic rings. The fourth-order valence-corrected chi connectivity index (χ4v) is 1.87. The molecule has 0 aliphatic heterocycles. The van der Waals surface area contributed by atoms with E-state index in [1.165, 1.54) is 37.0 Å². The molecule has 0 aliphatic carbocycles. The van der Waals surface area contributed by atoms with E-state index in [9.17, 15) is 4.79 Å². The molecular weight excluding hydrogens is 202 g/mol. The highest BCUT2D eigenvalue weighted by atomic mass is 32.2. The van der Waals surface area contributed by atoms with Crippen molar-refractivity contribution >= 4 is 29.6 Å². The van der Waals surface area contributed by atoms with Gasteiger partial charge in [0.25, 0.3) is 0 Å². The molecule has 0 saturated heterocycles. The first-order valence-corrected chi connectivity index (χ1v) is 7.24. The summed E-state index contributed by atoms with van der Waals surface area (Å²) < 4.78 is 2.72. The van der Waals surface area contributed by atoms with Gasteiger partial charge in [-0.15, -0.1) is 0 Å². The molecule has 0 aromatic rings. The molecule has 0 aromatic carbocycles. The maximum Gasteiger partial charge on any atom is 0.229 e. The Hall–Kier alpha value is 0.170. The first-order chi connectivity index (χ1) is 6.31. The van der Waals surface area contributed by atoms with Gasteiger partial charge in [0.1, 0.15) is 0 Å². The van der Waals surface area contributed by atoms with Crippen molar-refractivity contribution in [3.05, 3.63) is 0 Å². The van der Waals surface area contributed by atoms with Crippen molar-refractivity contribution in [1.29, 1.82) is 0 Å². The number of amides is 1. The highest BCUT2D eigenvalue weighted by molar-refractivity contribution is 7.98. The van der Waals surface area contributed by atoms with Gasteiger partial charge >= 0.3 is 0 Å². The average molecular weight is 221 g/mol. The average Bonchev–Trinajstić information content (AvgIpc) is 2.11. The van der Waals surface area contributed by atoms with E-state index in [1.54, 1.807) is 0 Å². The second-order valence-electron chi connectivity index (χ2n) is 2.89. The Morgan fingerprint density at radius 1 is 1.15 bits per heavy atom. The second-order valence-corrected chi connectivity index (χ2v) is 4.48. The van der Waals surface area contributed by atoms with Gasteiger partial charge in [-0.05, 0) is 24.9 Å². The molecule has 0 heterocycles. The molecule has 0 spiro atoms. The lowest BCUT2D eigenvalue weighted by atomic mass is 10.1. The minimum atomic E-state index is 0.164. The molecule has 0 unspecified atom stereocenters. The van der Waals surface area contributed by atoms with Crippen molar-refractivity contribution < 1.29 is 4.79 Å². The fraction of sp³-hybridized carbons (Fsp3) is 0.889. The van der Waals surface area contributed by atoms with Gasteiger partial charge in [0, 0.05) is 12.7 Å². The number of carbonyl (C=O) groups excluding carboxylic acids is 1. The normalized spacial score (nSPS) is 10.0. The Bertz CT molecular complexity index is 131. The number of hydrogen-bond acceptors (Lipinski definition) is 3. The maximum absolute atomic E-state index is 11.0. The van der Waals surface area contributed by atoms with Gasteiger partial charge < -0.3 is 4.72 Å². The quantitative estimate of drug-likeness (QED) is 0.505. The fourth-order valence-electron chi connectivity index (χ4n) is 1.05. The third kappa shape index (κ3) is 10.1. The molecule has 0 aromatic heterocycles. The van der Waals surface area contributed by atoms with Crippen LogP contribution in [0.5, 0.6) is 0 Å². The number of carbonyl (C=O) groups is 1. The van der Waals surface area contributed by atoms with Crippen molar-refractivity contribution in [3.63, 3.8) is 0 Å². The summed E-state index contributed by atoms with van der Waals surface area (Å²) in [6.07, 6.45) is 9.43. The zero-order chi connectivity index (χ0) is 9.94. The zero-order valence-corrected chi connectivity index (χ0v) is 10.1. The highest BCUT2D eigenvalue weighted by Gasteiger charge is 1.98. The van der Waals surface area contributed by atoms with Gasteiger partial charge in [-0.1, -0.05) is 24.8 Å². The molecule has 0 bridgehead atoms. The topological polar surface area (TPSA) is 29.1 Å². The standard InChI is InChI=1S/C9H19NOS2/c1-12-8-6-4-3-5-7-9(11)10-13-2/h3-8H2,1-2H3,(H,10,11). The Balaban J connectivity index is 3.02. The molecule has 0 atom stereocenters. The van der Waals surface area contributed by atoms with Crippen LogP contribution in [0.1, 0.15) is 32.1 Å². The van der Waals surface area contributed by atoms with Gasteiger partial charge in [0.15, 0.2) is 0 Å². The number of rotatable bonds is 8. The molecule has 13 heavy (non-hydrogen) atoms. The monoisotopic (exact) mass is 221 g/mol. The number of unbranched alkanes of at least 4 members (excludes halogenated alkanes) is 3. The van der Waals surface area contributed by atoms with Crippen LogP contribution in [0.15, 0.2) is 0 Å². The van der Waals surface area contributed by atoms with Gasteiger partial charge in [-0.25, -0.2) is 0 Å². The maximum atomic E-state index is 11.0. The summed E-state index contributed by atoms with van der Waals surface area (Å²) in [5, 5.41) is 0. The number of thioether (sulfide) groups is 1. The first kappa shape index (κ1) is 13.2. The van der Waals surface area contributed by atoms with E-state index in [0.29, 0.717) is 6.42 Å². The molecule has 0 saturated carbocycles. The van der Waals surface area contributed by atoms with E-state index in [0.717, 1.165) is 6.42 Å². The smallest absolute Gasteiger partial charge is 0.229 e. The van der Waals surface area contributed by atoms with Crippen LogP contribution in [0.25, 0.3) is 0 Å². The van der Waals surface area contributed by atoms with E-state index in [2.05, 4.69) is 11.0 Å². The molecule has 4 heteroatoms. The van der Waals surface area contributed by atoms with Crippen molar-refractivity contribution in [2.75, 3.05) is 18.3 Å². The first-order valence-electron chi connectivity index (χ1n) is 4.62. The third-order valence-corrected chi connectivity index (χ3v) is 2.85. The summed E-state index contributed by atoms with van der Waals surface area (Å²) >= 11 is 3.27. The van der Waals surface area contributed by atoms with Crippen LogP contribution in [-0.2, 0) is 4.79 Å². The van der Waals surface area contributed by atoms with Crippen molar-refractivity contribution in [1.82, 2.24) is 4.72 Å². The second kappa shape index (κ2) is 10.3. The Labute approximate surface area is 89.8 Å². The van der Waals surface area contributed by atoms with E-state index in [1.807, 2.05) is 18.0 Å². The number of hydrogen-bond donors (Lipinski definition) is 1. The van der Waals surface area contributed by atoms with Crippen molar-refractivity contribution in [3.8, 4) is 0 Å². The van der Waals surface area contributed by atoms with E-state index in [-0.39, 0.29) is 5.91 Å². The van der Waals surface area contributed by atoms with Crippen LogP contribution in [0.3, 0.4) is 0 Å². The van der Waals surface area contributed by atoms with E-state index < -0.39 is 0 Å². The molecule has 0 rings (SSSR count). The van der Waals surface area contributed by atoms with Crippen LogP contribution in [0.2, 0.25) is 0 Å². The minimum Gasteiger partial charge on any atom is -0.300 e. The SMILES string of the molecule is CSCCCCCCC(=O)NSC. The van der Waals surface area contributed by atoms with Crippen molar-refractivity contribution in [2.45, 2.75) is 32.1 Å². The van der Waals surface area contributed by atoms with E-state index >= 15 is 0 Å². The molecule has 1 amide bonds. The molecule has 1 N–H and O–H groups in total. The predicted octanol–water partition coefficient (Wildman–Crippen LogP) is 2.69. The summed E-state index contributed by atoms with van der Waals surface area (Å²) in [6, 6.07) is 0. The lowest BCUT2D eigenvalue weighted by Crippen LogP contribution is -2.14. The van der Waals surface area contributed by atoms with E-state index in [4.69, 9.17) is 0 Å². The number of nitrogens with one attached hydrogen (secondary N) is 1. The highest BCUT2D eigenvalue weighted by Crippen LogP contribution is 2.06. The Morgan fingerprint density at radius 3 is 2.46 bits per heavy atom. The lowest BCUT2D eigenvalue weighted by molar-refractivity contribution is -0.119. The van der Waals surface area contributed by atoms with Crippen LogP contribution in [0, 0.1) is 0 Å². The van der Waals surface area contributed by atoms with Crippen LogP contribution < -0.4 is 4.72 Å². The zero-order valence-electron chi connectivity index (χ0n) is 8.47. The summed E-state index contributed by atoms with van der Waals surface area (Å²) in [4.78, 5) is 11.0. The summed E-state index contributed by atoms with van der Waals surface area (Å²) in [6.45, 7) is 0. The van der Waals surface area contributed by atoms with Gasteiger partial charge in [0.05, 0.1) is 0 Å². The minimum absolute atomic E-state index is 0.164. The van der Waals surface area contributed by atoms with Gasteiger partial charge in [-0.3, -0.25) is 4.79 Å². The lowest BCUT2D eigenvalue weighted by Gasteiger charge is -2.01. The van der Waals surface area contributed by atoms with Crippen LogP contribution in [0.4, 0.5) is 0 Å². The van der Waals surface area contributed by atoms with Crippen LogP contribution >= 0.6 is 23.7 Å². The van der Waals surface area contributed by atoms with Crippen molar-refractivity contribution in [2.24, 2.45) is 0 Å². The molecule has 0 radical (unpaired) electrons.